The van der Waals surface area contributed by atoms with Crippen LogP contribution in [-0.2, 0) is 0 Å². The van der Waals surface area contributed by atoms with Gasteiger partial charge in [-0.05, 0) is 34.7 Å². The third-order valence-corrected chi connectivity index (χ3v) is 2.89. The van der Waals surface area contributed by atoms with Crippen molar-refractivity contribution in [1.29, 1.82) is 0 Å². The summed E-state index contributed by atoms with van der Waals surface area (Å²) in [4.78, 5) is 0. The van der Waals surface area contributed by atoms with Crippen LogP contribution in [0.1, 0.15) is 25.3 Å². The molecule has 0 heterocycles. The zero-order chi connectivity index (χ0) is 12.4. The number of aromatic hydroxyl groups is 2. The Hall–Kier alpha value is -1.96. The molecular weight excluding hydrogens is 212 g/mol. The molecule has 0 aromatic heterocycles. The first-order valence-electron chi connectivity index (χ1n) is 5.70. The predicted molar refractivity (Wildman–Crippen MR) is 69.3 cm³/mol. The van der Waals surface area contributed by atoms with Gasteiger partial charge in [0.05, 0.1) is 0 Å². The van der Waals surface area contributed by atoms with Crippen LogP contribution in [-0.4, -0.2) is 10.2 Å². The maximum atomic E-state index is 9.45. The molecular formula is C15H16O2. The van der Waals surface area contributed by atoms with Crippen molar-refractivity contribution in [3.8, 4) is 22.6 Å². The highest BCUT2D eigenvalue weighted by molar-refractivity contribution is 5.67. The normalized spacial score (nSPS) is 10.8. The van der Waals surface area contributed by atoms with Crippen molar-refractivity contribution in [2.45, 2.75) is 19.8 Å². The van der Waals surface area contributed by atoms with Crippen molar-refractivity contribution in [3.63, 3.8) is 0 Å². The van der Waals surface area contributed by atoms with Crippen LogP contribution in [0.2, 0.25) is 0 Å². The van der Waals surface area contributed by atoms with E-state index in [1.165, 1.54) is 11.6 Å². The molecule has 0 bridgehead atoms. The highest BCUT2D eigenvalue weighted by Crippen LogP contribution is 2.31. The average Bonchev–Trinajstić information content (AvgIpc) is 2.33. The molecule has 2 N–H and O–H groups in total. The minimum absolute atomic E-state index is 0.0876. The number of phenols is 2. The van der Waals surface area contributed by atoms with E-state index in [1.807, 2.05) is 12.1 Å². The van der Waals surface area contributed by atoms with Gasteiger partial charge < -0.3 is 10.2 Å². The molecule has 0 aliphatic carbocycles. The summed E-state index contributed by atoms with van der Waals surface area (Å²) in [5.74, 6) is 0.334. The van der Waals surface area contributed by atoms with Crippen molar-refractivity contribution >= 4 is 0 Å². The molecule has 2 aromatic rings. The Labute approximate surface area is 101 Å². The Bertz CT molecular complexity index is 513. The summed E-state index contributed by atoms with van der Waals surface area (Å²) in [6, 6.07) is 13.1. The molecule has 88 valence electrons. The molecule has 0 aliphatic heterocycles. The van der Waals surface area contributed by atoms with Gasteiger partial charge in [0.2, 0.25) is 0 Å². The van der Waals surface area contributed by atoms with Gasteiger partial charge in [-0.1, -0.05) is 44.2 Å². The lowest BCUT2D eigenvalue weighted by Gasteiger charge is -2.07. The summed E-state index contributed by atoms with van der Waals surface area (Å²) < 4.78 is 0. The average molecular weight is 228 g/mol. The number of hydrogen-bond acceptors (Lipinski definition) is 2. The minimum Gasteiger partial charge on any atom is -0.504 e. The van der Waals surface area contributed by atoms with Gasteiger partial charge in [-0.15, -0.1) is 0 Å². The highest BCUT2D eigenvalue weighted by Gasteiger charge is 2.04. The van der Waals surface area contributed by atoms with E-state index in [0.29, 0.717) is 5.92 Å². The Morgan fingerprint density at radius 2 is 1.35 bits per heavy atom. The third-order valence-electron chi connectivity index (χ3n) is 2.89. The van der Waals surface area contributed by atoms with E-state index < -0.39 is 0 Å². The molecule has 2 rings (SSSR count). The third kappa shape index (κ3) is 2.41. The van der Waals surface area contributed by atoms with Gasteiger partial charge >= 0.3 is 0 Å². The summed E-state index contributed by atoms with van der Waals surface area (Å²) in [6.45, 7) is 4.31. The molecule has 0 radical (unpaired) electrons. The molecule has 0 aliphatic rings. The predicted octanol–water partition coefficient (Wildman–Crippen LogP) is 3.89. The second-order valence-corrected chi connectivity index (χ2v) is 4.48. The van der Waals surface area contributed by atoms with E-state index in [4.69, 9.17) is 0 Å². The van der Waals surface area contributed by atoms with Gasteiger partial charge in [0.1, 0.15) is 0 Å². The summed E-state index contributed by atoms with van der Waals surface area (Å²) in [7, 11) is 0. The molecule has 0 spiro atoms. The van der Waals surface area contributed by atoms with Gasteiger partial charge in [0.25, 0.3) is 0 Å². The summed E-state index contributed by atoms with van der Waals surface area (Å²) >= 11 is 0. The highest BCUT2D eigenvalue weighted by atomic mass is 16.3. The fraction of sp³-hybridized carbons (Fsp3) is 0.200. The van der Waals surface area contributed by atoms with E-state index in [2.05, 4.69) is 26.0 Å². The second kappa shape index (κ2) is 4.50. The summed E-state index contributed by atoms with van der Waals surface area (Å²) in [6.07, 6.45) is 0. The first kappa shape index (κ1) is 11.5. The second-order valence-electron chi connectivity index (χ2n) is 4.48. The lowest BCUT2D eigenvalue weighted by molar-refractivity contribution is 0.404. The van der Waals surface area contributed by atoms with Gasteiger partial charge in [0, 0.05) is 0 Å². The van der Waals surface area contributed by atoms with Crippen molar-refractivity contribution in [2.24, 2.45) is 0 Å². The SMILES string of the molecule is CC(C)c1ccc(-c2ccc(O)c(O)c2)cc1. The molecule has 2 nitrogen and oxygen atoms in total. The Balaban J connectivity index is 2.36. The van der Waals surface area contributed by atoms with Gasteiger partial charge in [-0.3, -0.25) is 0 Å². The molecule has 2 heteroatoms. The lowest BCUT2D eigenvalue weighted by atomic mass is 9.99. The Kier molecular flexibility index (Phi) is 3.05. The van der Waals surface area contributed by atoms with Crippen LogP contribution in [0.15, 0.2) is 42.5 Å². The smallest absolute Gasteiger partial charge is 0.158 e. The number of benzene rings is 2. The van der Waals surface area contributed by atoms with E-state index in [-0.39, 0.29) is 11.5 Å². The zero-order valence-corrected chi connectivity index (χ0v) is 10.0. The molecule has 0 amide bonds. The molecule has 0 unspecified atom stereocenters. The monoisotopic (exact) mass is 228 g/mol. The van der Waals surface area contributed by atoms with Crippen LogP contribution in [0.25, 0.3) is 11.1 Å². The van der Waals surface area contributed by atoms with Crippen molar-refractivity contribution in [3.05, 3.63) is 48.0 Å². The van der Waals surface area contributed by atoms with Crippen molar-refractivity contribution in [2.75, 3.05) is 0 Å². The quantitative estimate of drug-likeness (QED) is 0.765. The van der Waals surface area contributed by atoms with E-state index >= 15 is 0 Å². The molecule has 0 atom stereocenters. The van der Waals surface area contributed by atoms with Gasteiger partial charge in [0.15, 0.2) is 11.5 Å². The van der Waals surface area contributed by atoms with Gasteiger partial charge in [-0.2, -0.15) is 0 Å². The topological polar surface area (TPSA) is 40.5 Å². The molecule has 0 saturated heterocycles. The van der Waals surface area contributed by atoms with Crippen molar-refractivity contribution < 1.29 is 10.2 Å². The first-order valence-corrected chi connectivity index (χ1v) is 5.70. The fourth-order valence-corrected chi connectivity index (χ4v) is 1.76. The standard InChI is InChI=1S/C15H16O2/c1-10(2)11-3-5-12(6-4-11)13-7-8-14(16)15(17)9-13/h3-10,16-17H,1-2H3. The first-order chi connectivity index (χ1) is 8.08. The van der Waals surface area contributed by atoms with E-state index in [9.17, 15) is 10.2 Å². The van der Waals surface area contributed by atoms with Crippen molar-refractivity contribution in [1.82, 2.24) is 0 Å². The van der Waals surface area contributed by atoms with Gasteiger partial charge in [-0.25, -0.2) is 0 Å². The summed E-state index contributed by atoms with van der Waals surface area (Å²) in [5, 5.41) is 18.7. The number of rotatable bonds is 2. The molecule has 0 saturated carbocycles. The number of hydrogen-bond donors (Lipinski definition) is 2. The van der Waals surface area contributed by atoms with E-state index in [0.717, 1.165) is 11.1 Å². The molecule has 17 heavy (non-hydrogen) atoms. The van der Waals surface area contributed by atoms with Crippen LogP contribution in [0.4, 0.5) is 0 Å². The zero-order valence-electron chi connectivity index (χ0n) is 10.0. The largest absolute Gasteiger partial charge is 0.504 e. The Morgan fingerprint density at radius 1 is 0.765 bits per heavy atom. The fourth-order valence-electron chi connectivity index (χ4n) is 1.76. The minimum atomic E-state index is -0.0902. The lowest BCUT2D eigenvalue weighted by Crippen LogP contribution is -1.86. The Morgan fingerprint density at radius 3 is 1.88 bits per heavy atom. The van der Waals surface area contributed by atoms with Crippen LogP contribution in [0, 0.1) is 0 Å². The molecule has 0 fully saturated rings. The van der Waals surface area contributed by atoms with Crippen LogP contribution < -0.4 is 0 Å². The maximum Gasteiger partial charge on any atom is 0.158 e. The van der Waals surface area contributed by atoms with Crippen LogP contribution >= 0.6 is 0 Å². The maximum absolute atomic E-state index is 9.45. The van der Waals surface area contributed by atoms with Crippen LogP contribution in [0.5, 0.6) is 11.5 Å². The number of phenolic OH excluding ortho intramolecular Hbond substituents is 2. The van der Waals surface area contributed by atoms with Crippen LogP contribution in [0.3, 0.4) is 0 Å². The molecule has 2 aromatic carbocycles. The summed E-state index contributed by atoms with van der Waals surface area (Å²) in [5.41, 5.74) is 3.22. The van der Waals surface area contributed by atoms with E-state index in [1.54, 1.807) is 12.1 Å².